The third kappa shape index (κ3) is 5.78. The molecular weight excluding hydrogens is 463 g/mol. The lowest BCUT2D eigenvalue weighted by molar-refractivity contribution is -0.193. The van der Waals surface area contributed by atoms with Gasteiger partial charge in [0.15, 0.2) is 6.29 Å². The van der Waals surface area contributed by atoms with Gasteiger partial charge in [-0.1, -0.05) is 0 Å². The van der Waals surface area contributed by atoms with E-state index in [0.29, 0.717) is 31.6 Å². The zero-order valence-electron chi connectivity index (χ0n) is 20.1. The minimum absolute atomic E-state index is 0.0248. The molecule has 4 aliphatic carbocycles. The maximum atomic E-state index is 13.7. The summed E-state index contributed by atoms with van der Waals surface area (Å²) in [6, 6.07) is 3.14. The van der Waals surface area contributed by atoms with Gasteiger partial charge < -0.3 is 18.9 Å². The zero-order chi connectivity index (χ0) is 24.6. The molecule has 6 rings (SSSR count). The second-order valence-corrected chi connectivity index (χ2v) is 10.5. The van der Waals surface area contributed by atoms with Gasteiger partial charge in [0.25, 0.3) is 0 Å². The average Bonchev–Trinajstić information content (AvgIpc) is 2.81. The molecule has 0 spiro atoms. The maximum absolute atomic E-state index is 13.7. The van der Waals surface area contributed by atoms with E-state index in [2.05, 4.69) is 4.90 Å². The van der Waals surface area contributed by atoms with E-state index in [1.165, 1.54) is 6.42 Å². The highest BCUT2D eigenvalue weighted by Gasteiger charge is 2.49. The van der Waals surface area contributed by atoms with Gasteiger partial charge >= 0.3 is 12.1 Å². The van der Waals surface area contributed by atoms with E-state index in [-0.39, 0.29) is 18.3 Å². The van der Waals surface area contributed by atoms with Crippen LogP contribution in [-0.4, -0.2) is 62.7 Å². The van der Waals surface area contributed by atoms with Crippen LogP contribution in [-0.2, 0) is 20.4 Å². The molecular formula is C26H34F3NO5. The number of hydrogen-bond donors (Lipinski definition) is 0. The minimum Gasteiger partial charge on any atom is -0.465 e. The second kappa shape index (κ2) is 10.3. The molecule has 194 valence electrons. The number of morpholine rings is 1. The maximum Gasteiger partial charge on any atom is 0.419 e. The van der Waals surface area contributed by atoms with Gasteiger partial charge in [0, 0.05) is 19.6 Å². The fraction of sp³-hybridized carbons (Fsp3) is 0.731. The number of esters is 1. The summed E-state index contributed by atoms with van der Waals surface area (Å²) in [6.07, 6.45) is 0.445. The molecule has 0 N–H and O–H groups in total. The van der Waals surface area contributed by atoms with Crippen molar-refractivity contribution in [3.8, 4) is 5.75 Å². The van der Waals surface area contributed by atoms with Crippen molar-refractivity contribution in [3.05, 3.63) is 29.3 Å². The Morgan fingerprint density at radius 3 is 2.37 bits per heavy atom. The van der Waals surface area contributed by atoms with Gasteiger partial charge in [-0.05, 0) is 80.9 Å². The van der Waals surface area contributed by atoms with Gasteiger partial charge in [0.05, 0.1) is 30.4 Å². The highest BCUT2D eigenvalue weighted by atomic mass is 19.4. The molecule has 1 aromatic carbocycles. The Hall–Kier alpha value is -1.84. The summed E-state index contributed by atoms with van der Waals surface area (Å²) < 4.78 is 63.6. The van der Waals surface area contributed by atoms with Crippen molar-refractivity contribution < 1.29 is 36.9 Å². The first-order valence-corrected chi connectivity index (χ1v) is 12.8. The van der Waals surface area contributed by atoms with Crippen LogP contribution < -0.4 is 4.74 Å². The highest BCUT2D eigenvalue weighted by molar-refractivity contribution is 5.90. The Balaban J connectivity index is 1.22. The summed E-state index contributed by atoms with van der Waals surface area (Å²) in [4.78, 5) is 14.6. The van der Waals surface area contributed by atoms with Crippen LogP contribution in [0.1, 0.15) is 54.9 Å². The van der Waals surface area contributed by atoms with Crippen LogP contribution in [0.4, 0.5) is 13.2 Å². The summed E-state index contributed by atoms with van der Waals surface area (Å²) >= 11 is 0. The van der Waals surface area contributed by atoms with Crippen LogP contribution in [0.15, 0.2) is 18.2 Å². The number of rotatable bonds is 8. The van der Waals surface area contributed by atoms with Crippen LogP contribution in [0.5, 0.6) is 5.75 Å². The number of benzene rings is 1. The van der Waals surface area contributed by atoms with Crippen LogP contribution in [0.25, 0.3) is 0 Å². The third-order valence-corrected chi connectivity index (χ3v) is 8.05. The SMILES string of the molecule is CC(Oc1cc(C(=O)OCCN2CCOCC2)ccc1C(F)(F)F)OC1C2CC3CC(C2)CC1C3. The fourth-order valence-corrected chi connectivity index (χ4v) is 6.68. The van der Waals surface area contributed by atoms with E-state index in [1.54, 1.807) is 6.92 Å². The summed E-state index contributed by atoms with van der Waals surface area (Å²) in [7, 11) is 0. The van der Waals surface area contributed by atoms with Crippen LogP contribution in [0.2, 0.25) is 0 Å². The van der Waals surface area contributed by atoms with Crippen molar-refractivity contribution in [1.29, 1.82) is 0 Å². The molecule has 5 fully saturated rings. The molecule has 0 radical (unpaired) electrons. The van der Waals surface area contributed by atoms with Crippen LogP contribution >= 0.6 is 0 Å². The topological polar surface area (TPSA) is 57.2 Å². The van der Waals surface area contributed by atoms with Crippen LogP contribution in [0, 0.1) is 23.7 Å². The van der Waals surface area contributed by atoms with E-state index in [4.69, 9.17) is 18.9 Å². The number of carbonyl (C=O) groups is 1. The molecule has 1 aromatic rings. The molecule has 6 nitrogen and oxygen atoms in total. The molecule has 1 aliphatic heterocycles. The van der Waals surface area contributed by atoms with E-state index in [1.807, 2.05) is 0 Å². The Labute approximate surface area is 204 Å². The van der Waals surface area contributed by atoms with Gasteiger partial charge in [-0.3, -0.25) is 4.90 Å². The molecule has 0 aromatic heterocycles. The number of alkyl halides is 3. The Morgan fingerprint density at radius 2 is 1.74 bits per heavy atom. The van der Waals surface area contributed by atoms with E-state index in [9.17, 15) is 18.0 Å². The summed E-state index contributed by atoms with van der Waals surface area (Å²) in [6.45, 7) is 5.14. The van der Waals surface area contributed by atoms with Crippen molar-refractivity contribution in [2.45, 2.75) is 57.6 Å². The Bertz CT molecular complexity index is 873. The predicted octanol–water partition coefficient (Wildman–Crippen LogP) is 4.76. The number of nitrogens with zero attached hydrogens (tertiary/aromatic N) is 1. The van der Waals surface area contributed by atoms with Crippen molar-refractivity contribution in [1.82, 2.24) is 4.90 Å². The summed E-state index contributed by atoms with van der Waals surface area (Å²) in [5, 5.41) is 0. The van der Waals surface area contributed by atoms with Crippen molar-refractivity contribution in [3.63, 3.8) is 0 Å². The summed E-state index contributed by atoms with van der Waals surface area (Å²) in [5.41, 5.74) is -0.903. The smallest absolute Gasteiger partial charge is 0.419 e. The van der Waals surface area contributed by atoms with Crippen molar-refractivity contribution in [2.75, 3.05) is 39.5 Å². The first kappa shape index (κ1) is 24.8. The third-order valence-electron chi connectivity index (χ3n) is 8.05. The molecule has 5 aliphatic rings. The monoisotopic (exact) mass is 497 g/mol. The lowest BCUT2D eigenvalue weighted by atomic mass is 9.55. The minimum atomic E-state index is -4.61. The standard InChI is InChI=1S/C26H34F3NO5/c1-16(35-24-20-11-17-10-18(13-20)14-21(24)12-17)34-23-15-19(2-3-22(23)26(27,28)29)25(31)33-9-6-30-4-7-32-8-5-30/h2-3,15-18,20-21,24H,4-14H2,1H3. The summed E-state index contributed by atoms with van der Waals surface area (Å²) in [5.74, 6) is 1.40. The Morgan fingerprint density at radius 1 is 1.09 bits per heavy atom. The molecule has 4 saturated carbocycles. The number of halogens is 3. The normalized spacial score (nSPS) is 31.4. The van der Waals surface area contributed by atoms with Gasteiger partial charge in [-0.25, -0.2) is 4.79 Å². The molecule has 35 heavy (non-hydrogen) atoms. The van der Waals surface area contributed by atoms with E-state index < -0.39 is 29.7 Å². The zero-order valence-corrected chi connectivity index (χ0v) is 20.1. The molecule has 1 heterocycles. The van der Waals surface area contributed by atoms with Gasteiger partial charge in [0.2, 0.25) is 0 Å². The quantitative estimate of drug-likeness (QED) is 0.381. The largest absolute Gasteiger partial charge is 0.465 e. The van der Waals surface area contributed by atoms with Crippen molar-refractivity contribution >= 4 is 5.97 Å². The molecule has 9 heteroatoms. The molecule has 1 unspecified atom stereocenters. The van der Waals surface area contributed by atoms with Gasteiger partial charge in [-0.2, -0.15) is 13.2 Å². The predicted molar refractivity (Wildman–Crippen MR) is 121 cm³/mol. The van der Waals surface area contributed by atoms with Crippen molar-refractivity contribution in [2.24, 2.45) is 23.7 Å². The fourth-order valence-electron chi connectivity index (χ4n) is 6.68. The van der Waals surface area contributed by atoms with Gasteiger partial charge in [0.1, 0.15) is 12.4 Å². The molecule has 4 bridgehead atoms. The molecule has 1 atom stereocenters. The number of hydrogen-bond acceptors (Lipinski definition) is 6. The van der Waals surface area contributed by atoms with Gasteiger partial charge in [-0.15, -0.1) is 0 Å². The molecule has 1 saturated heterocycles. The first-order chi connectivity index (χ1) is 16.8. The van der Waals surface area contributed by atoms with E-state index in [0.717, 1.165) is 68.8 Å². The second-order valence-electron chi connectivity index (χ2n) is 10.5. The Kier molecular flexibility index (Phi) is 7.28. The highest BCUT2D eigenvalue weighted by Crippen LogP contribution is 2.55. The first-order valence-electron chi connectivity index (χ1n) is 12.8. The average molecular weight is 498 g/mol. The molecule has 0 amide bonds. The van der Waals surface area contributed by atoms with Crippen LogP contribution in [0.3, 0.4) is 0 Å². The lowest BCUT2D eigenvalue weighted by Gasteiger charge is -2.54. The van der Waals surface area contributed by atoms with E-state index >= 15 is 0 Å². The number of carbonyl (C=O) groups excluding carboxylic acids is 1. The lowest BCUT2D eigenvalue weighted by Crippen LogP contribution is -2.50. The number of ether oxygens (including phenoxy) is 4.